The lowest BCUT2D eigenvalue weighted by molar-refractivity contribution is 0.122. The molecule has 7 heteroatoms. The summed E-state index contributed by atoms with van der Waals surface area (Å²) < 4.78 is 0. The molecule has 1 saturated heterocycles. The largest absolute Gasteiger partial charge is 0.357 e. The van der Waals surface area contributed by atoms with Crippen molar-refractivity contribution in [1.82, 2.24) is 20.4 Å². The molecule has 148 valence electrons. The summed E-state index contributed by atoms with van der Waals surface area (Å²) in [5, 5.41) is 7.54. The molecule has 5 nitrogen and oxygen atoms in total. The summed E-state index contributed by atoms with van der Waals surface area (Å²) in [4.78, 5) is 9.68. The lowest BCUT2D eigenvalue weighted by Gasteiger charge is -2.35. The standard InChI is InChI=1S/C19H32ClN5.HI/c1-4-21-19(22-10-9-17-5-7-18(20)8-6-17)23-15-16(2)25-13-11-24(3)12-14-25;/h5-8,16H,4,9-15H2,1-3H3,(H2,21,22,23);1H. The normalized spacial score (nSPS) is 17.5. The van der Waals surface area contributed by atoms with Gasteiger partial charge in [0.25, 0.3) is 0 Å². The Balaban J connectivity index is 0.00000338. The highest BCUT2D eigenvalue weighted by Crippen LogP contribution is 2.09. The highest BCUT2D eigenvalue weighted by atomic mass is 127. The first-order valence-electron chi connectivity index (χ1n) is 9.27. The first kappa shape index (κ1) is 23.5. The fourth-order valence-corrected chi connectivity index (χ4v) is 3.05. The van der Waals surface area contributed by atoms with Gasteiger partial charge in [0.1, 0.15) is 0 Å². The number of hydrogen-bond acceptors (Lipinski definition) is 3. The van der Waals surface area contributed by atoms with Crippen LogP contribution in [0.25, 0.3) is 0 Å². The molecule has 1 aromatic carbocycles. The van der Waals surface area contributed by atoms with Crippen LogP contribution in [0.15, 0.2) is 29.3 Å². The number of guanidine groups is 1. The summed E-state index contributed by atoms with van der Waals surface area (Å²) in [5.74, 6) is 0.900. The lowest BCUT2D eigenvalue weighted by Crippen LogP contribution is -2.49. The number of rotatable bonds is 7. The van der Waals surface area contributed by atoms with Crippen LogP contribution in [0.5, 0.6) is 0 Å². The van der Waals surface area contributed by atoms with E-state index in [4.69, 9.17) is 16.6 Å². The third-order valence-corrected chi connectivity index (χ3v) is 4.89. The van der Waals surface area contributed by atoms with E-state index in [2.05, 4.69) is 53.5 Å². The van der Waals surface area contributed by atoms with Gasteiger partial charge in [0.05, 0.1) is 6.54 Å². The highest BCUT2D eigenvalue weighted by molar-refractivity contribution is 14.0. The first-order valence-corrected chi connectivity index (χ1v) is 9.65. The monoisotopic (exact) mass is 493 g/mol. The maximum absolute atomic E-state index is 5.93. The van der Waals surface area contributed by atoms with E-state index in [-0.39, 0.29) is 24.0 Å². The third-order valence-electron chi connectivity index (χ3n) is 4.64. The van der Waals surface area contributed by atoms with Crippen LogP contribution in [0.4, 0.5) is 0 Å². The average molecular weight is 494 g/mol. The summed E-state index contributed by atoms with van der Waals surface area (Å²) >= 11 is 5.93. The lowest BCUT2D eigenvalue weighted by atomic mass is 10.1. The molecule has 26 heavy (non-hydrogen) atoms. The zero-order chi connectivity index (χ0) is 18.1. The molecule has 1 aliphatic rings. The summed E-state index contributed by atoms with van der Waals surface area (Å²) in [7, 11) is 2.19. The molecule has 0 saturated carbocycles. The molecule has 0 aromatic heterocycles. The van der Waals surface area contributed by atoms with Crippen LogP contribution in [0.2, 0.25) is 5.02 Å². The minimum absolute atomic E-state index is 0. The molecule has 0 amide bonds. The molecule has 2 rings (SSSR count). The Morgan fingerprint density at radius 2 is 1.81 bits per heavy atom. The molecule has 1 fully saturated rings. The number of nitrogens with zero attached hydrogens (tertiary/aromatic N) is 3. The van der Waals surface area contributed by atoms with Crippen molar-refractivity contribution >= 4 is 41.5 Å². The number of hydrogen-bond donors (Lipinski definition) is 2. The molecule has 1 atom stereocenters. The van der Waals surface area contributed by atoms with Crippen molar-refractivity contribution in [3.8, 4) is 0 Å². The maximum Gasteiger partial charge on any atom is 0.191 e. The number of benzene rings is 1. The van der Waals surface area contributed by atoms with Gasteiger partial charge in [-0.25, -0.2) is 0 Å². The second-order valence-corrected chi connectivity index (χ2v) is 7.15. The Hall–Kier alpha value is -0.570. The predicted octanol–water partition coefficient (Wildman–Crippen LogP) is 2.69. The summed E-state index contributed by atoms with van der Waals surface area (Å²) in [6, 6.07) is 8.50. The zero-order valence-corrected chi connectivity index (χ0v) is 19.3. The van der Waals surface area contributed by atoms with Gasteiger partial charge in [-0.15, -0.1) is 24.0 Å². The van der Waals surface area contributed by atoms with Crippen molar-refractivity contribution in [3.63, 3.8) is 0 Å². The Kier molecular flexibility index (Phi) is 11.5. The second kappa shape index (κ2) is 12.8. The molecule has 0 aliphatic carbocycles. The Labute approximate surface area is 180 Å². The Bertz CT molecular complexity index is 529. The van der Waals surface area contributed by atoms with Crippen LogP contribution in [0.3, 0.4) is 0 Å². The fourth-order valence-electron chi connectivity index (χ4n) is 2.92. The van der Waals surface area contributed by atoms with E-state index >= 15 is 0 Å². The highest BCUT2D eigenvalue weighted by Gasteiger charge is 2.18. The van der Waals surface area contributed by atoms with Gasteiger partial charge in [-0.3, -0.25) is 9.89 Å². The van der Waals surface area contributed by atoms with E-state index in [1.54, 1.807) is 0 Å². The molecule has 0 spiro atoms. The van der Waals surface area contributed by atoms with E-state index in [1.165, 1.54) is 5.56 Å². The predicted molar refractivity (Wildman–Crippen MR) is 123 cm³/mol. The van der Waals surface area contributed by atoms with Crippen molar-refractivity contribution in [2.24, 2.45) is 4.99 Å². The zero-order valence-electron chi connectivity index (χ0n) is 16.2. The van der Waals surface area contributed by atoms with Gasteiger partial charge in [-0.1, -0.05) is 23.7 Å². The smallest absolute Gasteiger partial charge is 0.191 e. The van der Waals surface area contributed by atoms with Gasteiger partial charge in [0.2, 0.25) is 0 Å². The van der Waals surface area contributed by atoms with E-state index in [1.807, 2.05) is 12.1 Å². The van der Waals surface area contributed by atoms with Crippen molar-refractivity contribution in [2.45, 2.75) is 26.3 Å². The fraction of sp³-hybridized carbons (Fsp3) is 0.632. The molecule has 0 radical (unpaired) electrons. The van der Waals surface area contributed by atoms with E-state index in [0.717, 1.165) is 63.2 Å². The van der Waals surface area contributed by atoms with Gasteiger partial charge < -0.3 is 15.5 Å². The number of nitrogens with one attached hydrogen (secondary N) is 2. The van der Waals surface area contributed by atoms with Crippen LogP contribution in [0.1, 0.15) is 19.4 Å². The summed E-state index contributed by atoms with van der Waals surface area (Å²) in [6.45, 7) is 11.5. The van der Waals surface area contributed by atoms with Crippen molar-refractivity contribution < 1.29 is 0 Å². The van der Waals surface area contributed by atoms with Crippen molar-refractivity contribution in [3.05, 3.63) is 34.9 Å². The van der Waals surface area contributed by atoms with Gasteiger partial charge in [-0.05, 0) is 45.0 Å². The summed E-state index contributed by atoms with van der Waals surface area (Å²) in [6.07, 6.45) is 0.954. The summed E-state index contributed by atoms with van der Waals surface area (Å²) in [5.41, 5.74) is 1.28. The van der Waals surface area contributed by atoms with Gasteiger partial charge in [0.15, 0.2) is 5.96 Å². The molecule has 1 aromatic rings. The molecule has 1 unspecified atom stereocenters. The minimum Gasteiger partial charge on any atom is -0.357 e. The topological polar surface area (TPSA) is 42.9 Å². The van der Waals surface area contributed by atoms with Crippen LogP contribution in [-0.4, -0.2) is 74.7 Å². The number of likely N-dealkylation sites (N-methyl/N-ethyl adjacent to an activating group) is 1. The molecular formula is C19H33ClIN5. The van der Waals surface area contributed by atoms with Crippen LogP contribution >= 0.6 is 35.6 Å². The minimum atomic E-state index is 0. The molecule has 1 aliphatic heterocycles. The Morgan fingerprint density at radius 3 is 2.42 bits per heavy atom. The maximum atomic E-state index is 5.93. The average Bonchev–Trinajstić information content (AvgIpc) is 2.61. The van der Waals surface area contributed by atoms with Gasteiger partial charge in [0, 0.05) is 50.3 Å². The SMILES string of the molecule is CCNC(=NCC(C)N1CCN(C)CC1)NCCc1ccc(Cl)cc1.I. The number of aliphatic imine (C=N–C) groups is 1. The molecular weight excluding hydrogens is 461 g/mol. The van der Waals surface area contributed by atoms with E-state index in [9.17, 15) is 0 Å². The van der Waals surface area contributed by atoms with Gasteiger partial charge in [-0.2, -0.15) is 0 Å². The van der Waals surface area contributed by atoms with Crippen molar-refractivity contribution in [2.75, 3.05) is 52.9 Å². The second-order valence-electron chi connectivity index (χ2n) is 6.71. The van der Waals surface area contributed by atoms with Crippen LogP contribution < -0.4 is 10.6 Å². The van der Waals surface area contributed by atoms with Gasteiger partial charge >= 0.3 is 0 Å². The molecule has 1 heterocycles. The van der Waals surface area contributed by atoms with E-state index in [0.29, 0.717) is 6.04 Å². The quantitative estimate of drug-likeness (QED) is 0.348. The number of piperazine rings is 1. The third kappa shape index (κ3) is 8.41. The molecule has 2 N–H and O–H groups in total. The van der Waals surface area contributed by atoms with Crippen molar-refractivity contribution in [1.29, 1.82) is 0 Å². The van der Waals surface area contributed by atoms with Crippen LogP contribution in [0, 0.1) is 0 Å². The molecule has 0 bridgehead atoms. The van der Waals surface area contributed by atoms with E-state index < -0.39 is 0 Å². The van der Waals surface area contributed by atoms with Crippen LogP contribution in [-0.2, 0) is 6.42 Å². The number of halogens is 2. The first-order chi connectivity index (χ1) is 12.1. The Morgan fingerprint density at radius 1 is 1.15 bits per heavy atom.